The molecule has 3 amide bonds. The summed E-state index contributed by atoms with van der Waals surface area (Å²) in [5.74, 6) is -3.10. The van der Waals surface area contributed by atoms with Crippen LogP contribution in [0, 0.1) is 5.92 Å². The molecule has 0 radical (unpaired) electrons. The maximum atomic E-state index is 12.3. The Morgan fingerprint density at radius 3 is 2.41 bits per heavy atom. The minimum absolute atomic E-state index is 0.00230. The summed E-state index contributed by atoms with van der Waals surface area (Å²) in [5.41, 5.74) is 7.38. The summed E-state index contributed by atoms with van der Waals surface area (Å²) in [6.45, 7) is 3.10. The summed E-state index contributed by atoms with van der Waals surface area (Å²) in [6.07, 6.45) is 1.78. The van der Waals surface area contributed by atoms with Crippen molar-refractivity contribution in [2.75, 3.05) is 12.3 Å². The van der Waals surface area contributed by atoms with Crippen molar-refractivity contribution in [1.82, 2.24) is 20.9 Å². The molecule has 0 aliphatic rings. The fourth-order valence-corrected chi connectivity index (χ4v) is 3.28. The zero-order valence-electron chi connectivity index (χ0n) is 17.9. The monoisotopic (exact) mass is 463 g/mol. The SMILES string of the molecule is CC(C)C(N)C(=O)NC(CS)C(=O)NCC(=O)NC(Cc1c[nH]c2ccccc12)C(=O)O. The summed E-state index contributed by atoms with van der Waals surface area (Å²) in [4.78, 5) is 51.3. The molecule has 0 aliphatic heterocycles. The number of carboxylic acid groups (broad SMARTS) is 1. The van der Waals surface area contributed by atoms with E-state index in [0.717, 1.165) is 16.5 Å². The van der Waals surface area contributed by atoms with Gasteiger partial charge in [0.1, 0.15) is 12.1 Å². The van der Waals surface area contributed by atoms with Gasteiger partial charge in [0, 0.05) is 29.3 Å². The first-order valence-corrected chi connectivity index (χ1v) is 10.8. The van der Waals surface area contributed by atoms with Crippen LogP contribution in [-0.2, 0) is 25.6 Å². The number of nitrogens with one attached hydrogen (secondary N) is 4. The van der Waals surface area contributed by atoms with Gasteiger partial charge in [-0.15, -0.1) is 0 Å². The number of fused-ring (bicyclic) bond motifs is 1. The van der Waals surface area contributed by atoms with Crippen molar-refractivity contribution in [2.45, 2.75) is 38.4 Å². The number of carbonyl (C=O) groups is 4. The number of carbonyl (C=O) groups excluding carboxylic acids is 3. The number of aromatic amines is 1. The van der Waals surface area contributed by atoms with Gasteiger partial charge in [-0.2, -0.15) is 12.6 Å². The molecule has 0 bridgehead atoms. The third kappa shape index (κ3) is 6.72. The number of hydrogen-bond donors (Lipinski definition) is 7. The molecule has 2 rings (SSSR count). The van der Waals surface area contributed by atoms with Gasteiger partial charge in [-0.3, -0.25) is 14.4 Å². The molecule has 1 aromatic carbocycles. The Kier molecular flexibility index (Phi) is 9.09. The second kappa shape index (κ2) is 11.5. The van der Waals surface area contributed by atoms with Crippen molar-refractivity contribution in [2.24, 2.45) is 11.7 Å². The lowest BCUT2D eigenvalue weighted by molar-refractivity contribution is -0.141. The highest BCUT2D eigenvalue weighted by Crippen LogP contribution is 2.19. The van der Waals surface area contributed by atoms with Crippen LogP contribution in [0.5, 0.6) is 0 Å². The maximum Gasteiger partial charge on any atom is 0.326 e. The van der Waals surface area contributed by atoms with Gasteiger partial charge in [0.25, 0.3) is 0 Å². The van der Waals surface area contributed by atoms with E-state index in [4.69, 9.17) is 5.73 Å². The number of aliphatic carboxylic acids is 1. The van der Waals surface area contributed by atoms with Crippen LogP contribution >= 0.6 is 12.6 Å². The lowest BCUT2D eigenvalue weighted by Gasteiger charge is -2.21. The number of aromatic nitrogens is 1. The van der Waals surface area contributed by atoms with Crippen LogP contribution in [0.25, 0.3) is 10.9 Å². The number of H-pyrrole nitrogens is 1. The van der Waals surface area contributed by atoms with Crippen LogP contribution in [0.15, 0.2) is 30.5 Å². The number of rotatable bonds is 11. The van der Waals surface area contributed by atoms with Gasteiger partial charge < -0.3 is 31.8 Å². The van der Waals surface area contributed by atoms with Crippen LogP contribution in [0.2, 0.25) is 0 Å². The molecule has 10 nitrogen and oxygen atoms in total. The van der Waals surface area contributed by atoms with E-state index < -0.39 is 48.4 Å². The molecule has 1 heterocycles. The minimum atomic E-state index is -1.20. The number of carboxylic acids is 1. The average molecular weight is 464 g/mol. The Morgan fingerprint density at radius 2 is 1.78 bits per heavy atom. The molecular weight excluding hydrogens is 434 g/mol. The van der Waals surface area contributed by atoms with Crippen molar-refractivity contribution < 1.29 is 24.3 Å². The van der Waals surface area contributed by atoms with Crippen LogP contribution in [0.1, 0.15) is 19.4 Å². The molecule has 7 N–H and O–H groups in total. The van der Waals surface area contributed by atoms with Crippen LogP contribution < -0.4 is 21.7 Å². The molecule has 0 saturated heterocycles. The van der Waals surface area contributed by atoms with Gasteiger partial charge in [0.2, 0.25) is 17.7 Å². The van der Waals surface area contributed by atoms with Gasteiger partial charge in [-0.1, -0.05) is 32.0 Å². The van der Waals surface area contributed by atoms with Crippen molar-refractivity contribution in [3.63, 3.8) is 0 Å². The van der Waals surface area contributed by atoms with E-state index in [9.17, 15) is 24.3 Å². The molecular formula is C21H29N5O5S. The highest BCUT2D eigenvalue weighted by Gasteiger charge is 2.26. The molecule has 174 valence electrons. The quantitative estimate of drug-likeness (QED) is 0.228. The maximum absolute atomic E-state index is 12.3. The summed E-state index contributed by atoms with van der Waals surface area (Å²) in [7, 11) is 0. The second-order valence-electron chi connectivity index (χ2n) is 7.75. The normalized spacial score (nSPS) is 13.9. The van der Waals surface area contributed by atoms with E-state index in [-0.39, 0.29) is 18.1 Å². The number of nitrogens with two attached hydrogens (primary N) is 1. The van der Waals surface area contributed by atoms with Crippen LogP contribution in [0.4, 0.5) is 0 Å². The predicted octanol–water partition coefficient (Wildman–Crippen LogP) is -0.206. The molecule has 2 aromatic rings. The molecule has 0 saturated carbocycles. The van der Waals surface area contributed by atoms with E-state index in [2.05, 4.69) is 33.6 Å². The van der Waals surface area contributed by atoms with Crippen molar-refractivity contribution in [1.29, 1.82) is 0 Å². The Balaban J connectivity index is 1.92. The topological polar surface area (TPSA) is 166 Å². The molecule has 32 heavy (non-hydrogen) atoms. The fourth-order valence-electron chi connectivity index (χ4n) is 3.02. The van der Waals surface area contributed by atoms with E-state index in [1.165, 1.54) is 0 Å². The molecule has 11 heteroatoms. The third-order valence-corrected chi connectivity index (χ3v) is 5.36. The standard InChI is InChI=1S/C21H29N5O5S/c1-11(2)18(22)20(29)26-16(10-32)19(28)24-9-17(27)25-15(21(30)31)7-12-8-23-14-6-4-3-5-13(12)14/h3-6,8,11,15-16,18,23,32H,7,9-10,22H2,1-2H3,(H,24,28)(H,25,27)(H,26,29)(H,30,31). The van der Waals surface area contributed by atoms with Crippen LogP contribution in [0.3, 0.4) is 0 Å². The first kappa shape index (κ1) is 25.2. The molecule has 0 aliphatic carbocycles. The smallest absolute Gasteiger partial charge is 0.326 e. The van der Waals surface area contributed by atoms with Crippen molar-refractivity contribution >= 4 is 47.2 Å². The number of hydrogen-bond acceptors (Lipinski definition) is 6. The Hall–Kier alpha value is -3.05. The Bertz CT molecular complexity index is 976. The summed E-state index contributed by atoms with van der Waals surface area (Å²) < 4.78 is 0. The van der Waals surface area contributed by atoms with E-state index >= 15 is 0 Å². The van der Waals surface area contributed by atoms with Gasteiger partial charge in [0.05, 0.1) is 12.6 Å². The Morgan fingerprint density at radius 1 is 1.09 bits per heavy atom. The van der Waals surface area contributed by atoms with E-state index in [0.29, 0.717) is 0 Å². The summed E-state index contributed by atoms with van der Waals surface area (Å²) >= 11 is 4.06. The summed E-state index contributed by atoms with van der Waals surface area (Å²) in [6, 6.07) is 4.49. The number of benzene rings is 1. The minimum Gasteiger partial charge on any atom is -0.480 e. The zero-order chi connectivity index (χ0) is 23.8. The van der Waals surface area contributed by atoms with Gasteiger partial charge in [-0.05, 0) is 17.5 Å². The molecule has 3 unspecified atom stereocenters. The van der Waals surface area contributed by atoms with E-state index in [1.54, 1.807) is 20.0 Å². The van der Waals surface area contributed by atoms with Gasteiger partial charge >= 0.3 is 5.97 Å². The lowest BCUT2D eigenvalue weighted by atomic mass is 10.0. The molecule has 0 spiro atoms. The predicted molar refractivity (Wildman–Crippen MR) is 123 cm³/mol. The second-order valence-corrected chi connectivity index (χ2v) is 8.12. The van der Waals surface area contributed by atoms with Crippen LogP contribution in [-0.4, -0.2) is 64.2 Å². The zero-order valence-corrected chi connectivity index (χ0v) is 18.8. The van der Waals surface area contributed by atoms with Gasteiger partial charge in [0.15, 0.2) is 0 Å². The molecule has 3 atom stereocenters. The van der Waals surface area contributed by atoms with Crippen molar-refractivity contribution in [3.05, 3.63) is 36.0 Å². The highest BCUT2D eigenvalue weighted by molar-refractivity contribution is 7.80. The fraction of sp³-hybridized carbons (Fsp3) is 0.429. The largest absolute Gasteiger partial charge is 0.480 e. The summed E-state index contributed by atoms with van der Waals surface area (Å²) in [5, 5.41) is 17.7. The number of para-hydroxylation sites is 1. The lowest BCUT2D eigenvalue weighted by Crippen LogP contribution is -2.55. The Labute approximate surface area is 191 Å². The average Bonchev–Trinajstić information content (AvgIpc) is 3.17. The first-order valence-electron chi connectivity index (χ1n) is 10.2. The number of amides is 3. The number of thiol groups is 1. The highest BCUT2D eigenvalue weighted by atomic mass is 32.1. The van der Waals surface area contributed by atoms with E-state index in [1.807, 2.05) is 24.3 Å². The van der Waals surface area contributed by atoms with Crippen molar-refractivity contribution in [3.8, 4) is 0 Å². The molecule has 1 aromatic heterocycles. The third-order valence-electron chi connectivity index (χ3n) is 4.99. The molecule has 0 fully saturated rings. The first-order chi connectivity index (χ1) is 15.1. The van der Waals surface area contributed by atoms with Gasteiger partial charge in [-0.25, -0.2) is 4.79 Å².